The number of aryl methyl sites for hydroxylation is 1. The molecule has 0 aliphatic carbocycles. The van der Waals surface area contributed by atoms with Gasteiger partial charge in [0, 0.05) is 50.4 Å². The van der Waals surface area contributed by atoms with E-state index in [4.69, 9.17) is 4.74 Å². The highest BCUT2D eigenvalue weighted by atomic mass is 16.5. The minimum atomic E-state index is -0.630. The minimum absolute atomic E-state index is 0.0469. The predicted molar refractivity (Wildman–Crippen MR) is 158 cm³/mol. The van der Waals surface area contributed by atoms with Crippen LogP contribution in [0.15, 0.2) is 78.9 Å². The number of carbonyl (C=O) groups excluding carboxylic acids is 3. The first-order valence-corrected chi connectivity index (χ1v) is 14.3. The van der Waals surface area contributed by atoms with Gasteiger partial charge in [-0.05, 0) is 61.7 Å². The molecule has 2 aliphatic rings. The summed E-state index contributed by atoms with van der Waals surface area (Å²) in [5.74, 6) is 0.330. The van der Waals surface area contributed by atoms with Crippen LogP contribution in [0.25, 0.3) is 0 Å². The maximum Gasteiger partial charge on any atom is 0.254 e. The first-order chi connectivity index (χ1) is 19.9. The van der Waals surface area contributed by atoms with Crippen molar-refractivity contribution in [3.8, 4) is 5.75 Å². The summed E-state index contributed by atoms with van der Waals surface area (Å²) in [6.07, 6.45) is 1.07. The Morgan fingerprint density at radius 2 is 1.56 bits per heavy atom. The van der Waals surface area contributed by atoms with Crippen molar-refractivity contribution in [1.82, 2.24) is 20.0 Å². The lowest BCUT2D eigenvalue weighted by Gasteiger charge is -2.32. The summed E-state index contributed by atoms with van der Waals surface area (Å²) >= 11 is 0. The fraction of sp³-hybridized carbons (Fsp3) is 0.364. The summed E-state index contributed by atoms with van der Waals surface area (Å²) in [6, 6.07) is 23.7. The highest BCUT2D eigenvalue weighted by molar-refractivity contribution is 5.99. The molecule has 214 valence electrons. The van der Waals surface area contributed by atoms with Gasteiger partial charge in [-0.1, -0.05) is 48.0 Å². The van der Waals surface area contributed by atoms with Gasteiger partial charge >= 0.3 is 0 Å². The molecule has 2 heterocycles. The van der Waals surface area contributed by atoms with E-state index in [9.17, 15) is 14.4 Å². The first kappa shape index (κ1) is 28.4. The number of nitrogens with zero attached hydrogens (tertiary/aromatic N) is 3. The van der Waals surface area contributed by atoms with E-state index in [0.717, 1.165) is 24.2 Å². The average molecular weight is 555 g/mol. The Morgan fingerprint density at radius 1 is 0.902 bits per heavy atom. The van der Waals surface area contributed by atoms with Gasteiger partial charge in [-0.2, -0.15) is 0 Å². The fourth-order valence-electron chi connectivity index (χ4n) is 5.70. The van der Waals surface area contributed by atoms with Crippen LogP contribution in [0.4, 0.5) is 0 Å². The van der Waals surface area contributed by atoms with Crippen molar-refractivity contribution in [3.05, 3.63) is 101 Å². The Bertz CT molecular complexity index is 1340. The number of likely N-dealkylation sites (tertiary alicyclic amines) is 1. The topological polar surface area (TPSA) is 82.2 Å². The van der Waals surface area contributed by atoms with Gasteiger partial charge in [-0.25, -0.2) is 0 Å². The Kier molecular flexibility index (Phi) is 8.99. The van der Waals surface area contributed by atoms with E-state index in [1.807, 2.05) is 59.2 Å². The number of carbonyl (C=O) groups is 3. The lowest BCUT2D eigenvalue weighted by Crippen LogP contribution is -2.53. The molecular weight excluding hydrogens is 516 g/mol. The Labute approximate surface area is 241 Å². The van der Waals surface area contributed by atoms with Crippen molar-refractivity contribution >= 4 is 17.7 Å². The zero-order chi connectivity index (χ0) is 28.8. The number of methoxy groups -OCH3 is 1. The lowest BCUT2D eigenvalue weighted by atomic mass is 10.1. The van der Waals surface area contributed by atoms with Crippen LogP contribution < -0.4 is 10.1 Å². The number of hydrogen-bond acceptors (Lipinski definition) is 5. The summed E-state index contributed by atoms with van der Waals surface area (Å²) < 4.78 is 5.29. The van der Waals surface area contributed by atoms with E-state index in [-0.39, 0.29) is 23.8 Å². The molecule has 8 heteroatoms. The Hall–Kier alpha value is -4.17. The van der Waals surface area contributed by atoms with Gasteiger partial charge < -0.3 is 24.8 Å². The molecule has 2 saturated heterocycles. The van der Waals surface area contributed by atoms with Crippen LogP contribution in [0.2, 0.25) is 0 Å². The van der Waals surface area contributed by atoms with E-state index in [1.54, 1.807) is 36.3 Å². The molecule has 2 fully saturated rings. The van der Waals surface area contributed by atoms with E-state index in [2.05, 4.69) is 17.4 Å². The third-order valence-corrected chi connectivity index (χ3v) is 8.07. The van der Waals surface area contributed by atoms with E-state index in [0.29, 0.717) is 55.9 Å². The monoisotopic (exact) mass is 554 g/mol. The standard InChI is InChI=1S/C33H38N4O4/c1-24-8-10-26(11-9-24)32(39)37-23-28(22-30(37)33(40)35-20-17-34-18-21-35)36(19-16-25-6-4-3-5-7-25)31(38)27-12-14-29(41-2)15-13-27/h3-15,28,30,34H,16-23H2,1-2H3. The van der Waals surface area contributed by atoms with Crippen molar-refractivity contribution in [2.45, 2.75) is 31.8 Å². The molecule has 2 atom stereocenters. The van der Waals surface area contributed by atoms with Crippen molar-refractivity contribution in [2.75, 3.05) is 46.4 Å². The lowest BCUT2D eigenvalue weighted by molar-refractivity contribution is -0.135. The molecule has 2 aliphatic heterocycles. The van der Waals surface area contributed by atoms with Crippen LogP contribution >= 0.6 is 0 Å². The van der Waals surface area contributed by atoms with Gasteiger partial charge in [0.15, 0.2) is 0 Å². The Balaban J connectivity index is 1.45. The molecule has 8 nitrogen and oxygen atoms in total. The minimum Gasteiger partial charge on any atom is -0.497 e. The number of piperazine rings is 1. The zero-order valence-corrected chi connectivity index (χ0v) is 23.8. The molecule has 5 rings (SSSR count). The molecule has 41 heavy (non-hydrogen) atoms. The van der Waals surface area contributed by atoms with Crippen LogP contribution in [0.3, 0.4) is 0 Å². The molecule has 0 spiro atoms. The highest BCUT2D eigenvalue weighted by Crippen LogP contribution is 2.28. The maximum atomic E-state index is 14.0. The van der Waals surface area contributed by atoms with E-state index >= 15 is 0 Å². The predicted octanol–water partition coefficient (Wildman–Crippen LogP) is 3.40. The molecule has 0 bridgehead atoms. The second-order valence-electron chi connectivity index (χ2n) is 10.8. The second kappa shape index (κ2) is 13.0. The smallest absolute Gasteiger partial charge is 0.254 e. The molecular formula is C33H38N4O4. The average Bonchev–Trinajstić information content (AvgIpc) is 3.47. The SMILES string of the molecule is COc1ccc(C(=O)N(CCc2ccccc2)C2CC(C(=O)N3CCNCC3)N(C(=O)c3ccc(C)cc3)C2)cc1. The van der Waals surface area contributed by atoms with E-state index < -0.39 is 6.04 Å². The number of amides is 3. The third-order valence-electron chi connectivity index (χ3n) is 8.07. The normalized spacial score (nSPS) is 18.7. The summed E-state index contributed by atoms with van der Waals surface area (Å²) in [4.78, 5) is 47.1. The largest absolute Gasteiger partial charge is 0.497 e. The number of ether oxygens (including phenoxy) is 1. The van der Waals surface area contributed by atoms with Crippen molar-refractivity contribution in [3.63, 3.8) is 0 Å². The summed E-state index contributed by atoms with van der Waals surface area (Å²) in [5.41, 5.74) is 3.28. The first-order valence-electron chi connectivity index (χ1n) is 14.3. The molecule has 0 radical (unpaired) electrons. The maximum absolute atomic E-state index is 14.0. The third kappa shape index (κ3) is 6.60. The summed E-state index contributed by atoms with van der Waals surface area (Å²) in [6.45, 7) is 5.42. The second-order valence-corrected chi connectivity index (χ2v) is 10.8. The van der Waals surface area contributed by atoms with Crippen LogP contribution in [0.5, 0.6) is 5.75 Å². The van der Waals surface area contributed by atoms with Crippen LogP contribution in [0.1, 0.15) is 38.3 Å². The fourth-order valence-corrected chi connectivity index (χ4v) is 5.70. The number of nitrogens with one attached hydrogen (secondary N) is 1. The van der Waals surface area contributed by atoms with Gasteiger partial charge in [-0.15, -0.1) is 0 Å². The zero-order valence-electron chi connectivity index (χ0n) is 23.8. The van der Waals surface area contributed by atoms with E-state index in [1.165, 1.54) is 0 Å². The number of rotatable bonds is 8. The molecule has 3 aromatic rings. The molecule has 0 saturated carbocycles. The van der Waals surface area contributed by atoms with Gasteiger partial charge in [0.2, 0.25) is 5.91 Å². The number of hydrogen-bond donors (Lipinski definition) is 1. The van der Waals surface area contributed by atoms with Crippen molar-refractivity contribution < 1.29 is 19.1 Å². The van der Waals surface area contributed by atoms with Crippen LogP contribution in [0, 0.1) is 6.92 Å². The van der Waals surface area contributed by atoms with Gasteiger partial charge in [0.1, 0.15) is 11.8 Å². The summed E-state index contributed by atoms with van der Waals surface area (Å²) in [5, 5.41) is 3.29. The highest BCUT2D eigenvalue weighted by Gasteiger charge is 2.44. The molecule has 3 aromatic carbocycles. The molecule has 3 amide bonds. The van der Waals surface area contributed by atoms with Crippen LogP contribution in [-0.2, 0) is 11.2 Å². The molecule has 1 N–H and O–H groups in total. The van der Waals surface area contributed by atoms with Gasteiger partial charge in [0.25, 0.3) is 11.8 Å². The van der Waals surface area contributed by atoms with Crippen molar-refractivity contribution in [1.29, 1.82) is 0 Å². The Morgan fingerprint density at radius 3 is 2.22 bits per heavy atom. The molecule has 2 unspecified atom stereocenters. The molecule has 0 aromatic heterocycles. The number of benzene rings is 3. The quantitative estimate of drug-likeness (QED) is 0.462. The van der Waals surface area contributed by atoms with Crippen molar-refractivity contribution in [2.24, 2.45) is 0 Å². The van der Waals surface area contributed by atoms with Gasteiger partial charge in [0.05, 0.1) is 13.2 Å². The summed E-state index contributed by atoms with van der Waals surface area (Å²) in [7, 11) is 1.59. The van der Waals surface area contributed by atoms with Crippen LogP contribution in [-0.4, -0.2) is 90.9 Å². The van der Waals surface area contributed by atoms with Gasteiger partial charge in [-0.3, -0.25) is 14.4 Å².